The summed E-state index contributed by atoms with van der Waals surface area (Å²) < 4.78 is 9.17. The molecule has 0 aliphatic carbocycles. The Balaban J connectivity index is 2.29. The monoisotopic (exact) mass is 226 g/mol. The zero-order valence-corrected chi connectivity index (χ0v) is 9.32. The van der Waals surface area contributed by atoms with E-state index in [0.717, 1.165) is 4.88 Å². The number of ether oxygens (including phenoxy) is 1. The van der Waals surface area contributed by atoms with Crippen LogP contribution in [0.4, 0.5) is 0 Å². The summed E-state index contributed by atoms with van der Waals surface area (Å²) in [6, 6.07) is 4.03. The van der Waals surface area contributed by atoms with Crippen molar-refractivity contribution in [2.24, 2.45) is 5.73 Å². The Hall–Kier alpha value is -0.910. The topological polar surface area (TPSA) is 48.1 Å². The predicted octanol–water partition coefficient (Wildman–Crippen LogP) is 2.34. The molecule has 3 nitrogen and oxygen atoms in total. The third kappa shape index (κ3) is 1.79. The number of hydrogen-bond acceptors (Lipinski definition) is 5. The first kappa shape index (κ1) is 9.64. The molecule has 74 valence electrons. The maximum Gasteiger partial charge on any atom is 0.225 e. The van der Waals surface area contributed by atoms with Gasteiger partial charge in [-0.2, -0.15) is 4.37 Å². The molecular weight excluding hydrogens is 216 g/mol. The van der Waals surface area contributed by atoms with Crippen LogP contribution in [0, 0.1) is 0 Å². The van der Waals surface area contributed by atoms with Crippen LogP contribution >= 0.6 is 22.9 Å². The quantitative estimate of drug-likeness (QED) is 0.874. The second kappa shape index (κ2) is 4.08. The van der Waals surface area contributed by atoms with Crippen LogP contribution in [0.1, 0.15) is 4.88 Å². The maximum atomic E-state index is 5.55. The Kier molecular flexibility index (Phi) is 2.81. The number of hydrogen-bond donors (Lipinski definition) is 1. The fourth-order valence-electron chi connectivity index (χ4n) is 1.11. The highest BCUT2D eigenvalue weighted by molar-refractivity contribution is 7.12. The van der Waals surface area contributed by atoms with Gasteiger partial charge in [-0.15, -0.1) is 11.3 Å². The average Bonchev–Trinajstić information content (AvgIpc) is 2.86. The fourth-order valence-corrected chi connectivity index (χ4v) is 2.64. The third-order valence-corrected chi connectivity index (χ3v) is 3.62. The predicted molar refractivity (Wildman–Crippen MR) is 59.9 cm³/mol. The van der Waals surface area contributed by atoms with Crippen molar-refractivity contribution in [3.63, 3.8) is 0 Å². The van der Waals surface area contributed by atoms with Gasteiger partial charge in [-0.1, -0.05) is 0 Å². The molecule has 0 atom stereocenters. The highest BCUT2D eigenvalue weighted by Gasteiger charge is 2.06. The Morgan fingerprint density at radius 3 is 2.93 bits per heavy atom. The smallest absolute Gasteiger partial charge is 0.225 e. The Bertz CT molecular complexity index is 382. The summed E-state index contributed by atoms with van der Waals surface area (Å²) in [4.78, 5) is 2.31. The van der Waals surface area contributed by atoms with Gasteiger partial charge in [-0.25, -0.2) is 0 Å². The summed E-state index contributed by atoms with van der Waals surface area (Å²) in [5.74, 6) is 0.672. The molecule has 0 saturated heterocycles. The van der Waals surface area contributed by atoms with Gasteiger partial charge in [0.25, 0.3) is 0 Å². The zero-order valence-electron chi connectivity index (χ0n) is 7.69. The molecule has 0 aliphatic heterocycles. The van der Waals surface area contributed by atoms with Crippen molar-refractivity contribution < 1.29 is 4.74 Å². The molecule has 2 rings (SSSR count). The first-order chi connectivity index (χ1) is 6.83. The summed E-state index contributed by atoms with van der Waals surface area (Å²) in [7, 11) is 1.62. The molecule has 2 aromatic heterocycles. The largest absolute Gasteiger partial charge is 0.480 e. The van der Waals surface area contributed by atoms with Crippen molar-refractivity contribution in [1.82, 2.24) is 4.37 Å². The van der Waals surface area contributed by atoms with Crippen LogP contribution in [0.2, 0.25) is 0 Å². The van der Waals surface area contributed by atoms with E-state index in [1.54, 1.807) is 18.4 Å². The van der Waals surface area contributed by atoms with Crippen LogP contribution in [-0.4, -0.2) is 11.5 Å². The van der Waals surface area contributed by atoms with Gasteiger partial charge < -0.3 is 10.5 Å². The number of rotatable bonds is 3. The van der Waals surface area contributed by atoms with Crippen molar-refractivity contribution in [3.8, 4) is 16.3 Å². The van der Waals surface area contributed by atoms with Gasteiger partial charge >= 0.3 is 0 Å². The lowest BCUT2D eigenvalue weighted by molar-refractivity contribution is 0.403. The molecule has 0 radical (unpaired) electrons. The maximum absolute atomic E-state index is 5.55. The Morgan fingerprint density at radius 1 is 1.50 bits per heavy atom. The van der Waals surface area contributed by atoms with Crippen molar-refractivity contribution in [2.75, 3.05) is 7.11 Å². The lowest BCUT2D eigenvalue weighted by Gasteiger charge is -1.88. The van der Waals surface area contributed by atoms with Gasteiger partial charge in [-0.05, 0) is 23.0 Å². The van der Waals surface area contributed by atoms with E-state index in [9.17, 15) is 0 Å². The Morgan fingerprint density at radius 2 is 2.36 bits per heavy atom. The van der Waals surface area contributed by atoms with Gasteiger partial charge in [-0.3, -0.25) is 0 Å². The molecule has 2 N–H and O–H groups in total. The lowest BCUT2D eigenvalue weighted by Crippen LogP contribution is -1.91. The molecule has 0 saturated carbocycles. The van der Waals surface area contributed by atoms with Crippen molar-refractivity contribution in [3.05, 3.63) is 22.4 Å². The molecule has 0 spiro atoms. The first-order valence-electron chi connectivity index (χ1n) is 4.12. The number of nitrogens with zero attached hydrogens (tertiary/aromatic N) is 1. The number of methoxy groups -OCH3 is 1. The molecular formula is C9H10N2OS2. The normalized spacial score (nSPS) is 10.4. The van der Waals surface area contributed by atoms with Crippen molar-refractivity contribution in [2.45, 2.75) is 6.54 Å². The van der Waals surface area contributed by atoms with Crippen molar-refractivity contribution in [1.29, 1.82) is 0 Å². The van der Waals surface area contributed by atoms with E-state index in [0.29, 0.717) is 12.4 Å². The minimum Gasteiger partial charge on any atom is -0.480 e. The van der Waals surface area contributed by atoms with E-state index >= 15 is 0 Å². The van der Waals surface area contributed by atoms with E-state index in [2.05, 4.69) is 15.8 Å². The van der Waals surface area contributed by atoms with Gasteiger partial charge in [0.05, 0.1) is 12.0 Å². The van der Waals surface area contributed by atoms with Crippen molar-refractivity contribution >= 4 is 22.9 Å². The number of thiophene rings is 1. The summed E-state index contributed by atoms with van der Waals surface area (Å²) in [6.07, 6.45) is 0. The molecule has 2 aromatic rings. The zero-order chi connectivity index (χ0) is 9.97. The molecule has 0 fully saturated rings. The minimum absolute atomic E-state index is 0.598. The van der Waals surface area contributed by atoms with Crippen LogP contribution in [0.25, 0.3) is 10.4 Å². The highest BCUT2D eigenvalue weighted by Crippen LogP contribution is 2.31. The number of nitrogens with two attached hydrogens (primary N) is 1. The highest BCUT2D eigenvalue weighted by atomic mass is 32.1. The van der Waals surface area contributed by atoms with Gasteiger partial charge in [0, 0.05) is 23.1 Å². The molecule has 5 heteroatoms. The van der Waals surface area contributed by atoms with Gasteiger partial charge in [0.15, 0.2) is 0 Å². The third-order valence-electron chi connectivity index (χ3n) is 1.84. The first-order valence-corrected chi connectivity index (χ1v) is 5.77. The molecule has 0 amide bonds. The van der Waals surface area contributed by atoms with Crippen LogP contribution in [-0.2, 0) is 6.54 Å². The fraction of sp³-hybridized carbons (Fsp3) is 0.222. The summed E-state index contributed by atoms with van der Waals surface area (Å²) in [5, 5.41) is 2.09. The molecule has 0 unspecified atom stereocenters. The second-order valence-electron chi connectivity index (χ2n) is 2.74. The lowest BCUT2D eigenvalue weighted by atomic mass is 10.2. The molecule has 14 heavy (non-hydrogen) atoms. The molecule has 0 aromatic carbocycles. The summed E-state index contributed by atoms with van der Waals surface area (Å²) in [6.45, 7) is 0.598. The number of aromatic nitrogens is 1. The average molecular weight is 226 g/mol. The van der Waals surface area contributed by atoms with Crippen LogP contribution in [0.15, 0.2) is 17.5 Å². The van der Waals surface area contributed by atoms with E-state index in [1.165, 1.54) is 22.0 Å². The minimum atomic E-state index is 0.598. The SMILES string of the molecule is COc1cc(-c2csc(CN)c2)sn1. The Labute approximate surface area is 90.3 Å². The van der Waals surface area contributed by atoms with Crippen LogP contribution in [0.3, 0.4) is 0 Å². The van der Waals surface area contributed by atoms with Gasteiger partial charge in [0.2, 0.25) is 5.88 Å². The van der Waals surface area contributed by atoms with E-state index in [1.807, 2.05) is 6.07 Å². The second-order valence-corrected chi connectivity index (χ2v) is 4.54. The molecule has 2 heterocycles. The molecule has 0 bridgehead atoms. The molecule has 0 aliphatic rings. The van der Waals surface area contributed by atoms with E-state index in [4.69, 9.17) is 10.5 Å². The standard InChI is InChI=1S/C9H10N2OS2/c1-12-9-3-8(14-11-9)6-2-7(4-10)13-5-6/h2-3,5H,4,10H2,1H3. The van der Waals surface area contributed by atoms with E-state index in [-0.39, 0.29) is 0 Å². The van der Waals surface area contributed by atoms with Crippen LogP contribution in [0.5, 0.6) is 5.88 Å². The summed E-state index contributed by atoms with van der Waals surface area (Å²) >= 11 is 3.12. The van der Waals surface area contributed by atoms with Gasteiger partial charge in [0.1, 0.15) is 0 Å². The van der Waals surface area contributed by atoms with Crippen LogP contribution < -0.4 is 10.5 Å². The summed E-state index contributed by atoms with van der Waals surface area (Å²) in [5.41, 5.74) is 6.72. The van der Waals surface area contributed by atoms with E-state index < -0.39 is 0 Å².